The van der Waals surface area contributed by atoms with Gasteiger partial charge in [0.2, 0.25) is 18.1 Å². The third-order valence-corrected chi connectivity index (χ3v) is 9.38. The van der Waals surface area contributed by atoms with Crippen LogP contribution >= 0.6 is 0 Å². The van der Waals surface area contributed by atoms with Gasteiger partial charge in [0.1, 0.15) is 0 Å². The highest BCUT2D eigenvalue weighted by Gasteiger charge is 2.31. The second kappa shape index (κ2) is 6.31. The quantitative estimate of drug-likeness (QED) is 0.639. The first-order chi connectivity index (χ1) is 6.47. The van der Waals surface area contributed by atoms with E-state index in [-0.39, 0.29) is 0 Å². The Kier molecular flexibility index (Phi) is 6.21. The van der Waals surface area contributed by atoms with E-state index < -0.39 is 26.6 Å². The number of hydrogen-bond donors (Lipinski definition) is 0. The summed E-state index contributed by atoms with van der Waals surface area (Å²) in [6.07, 6.45) is 0. The topological polar surface area (TPSA) is 18.5 Å². The molecule has 2 radical (unpaired) electrons. The average molecular weight is 242 g/mol. The molecule has 0 aromatic carbocycles. The highest BCUT2D eigenvalue weighted by Crippen LogP contribution is 2.12. The van der Waals surface area contributed by atoms with Crippen molar-refractivity contribution in [2.75, 3.05) is 0 Å². The molecule has 0 amide bonds. The summed E-state index contributed by atoms with van der Waals surface area (Å²) >= 11 is 0. The molecule has 0 rings (SSSR count). The zero-order valence-electron chi connectivity index (χ0n) is 9.17. The van der Waals surface area contributed by atoms with Crippen LogP contribution < -0.4 is 0 Å². The van der Waals surface area contributed by atoms with Crippen molar-refractivity contribution in [2.45, 2.75) is 19.6 Å². The molecule has 0 aromatic heterocycles. The van der Waals surface area contributed by atoms with Gasteiger partial charge in [-0.2, -0.15) is 0 Å². The normalized spacial score (nSPS) is 11.8. The van der Waals surface area contributed by atoms with Crippen LogP contribution in [0.2, 0.25) is 19.6 Å². The van der Waals surface area contributed by atoms with E-state index >= 15 is 0 Å². The van der Waals surface area contributed by atoms with Crippen molar-refractivity contribution in [1.82, 2.24) is 0 Å². The average Bonchev–Trinajstić information content (AvgIpc) is 2.17. The Morgan fingerprint density at radius 1 is 1.00 bits per heavy atom. The third-order valence-electron chi connectivity index (χ3n) is 1.67. The van der Waals surface area contributed by atoms with Crippen LogP contribution in [0.5, 0.6) is 0 Å². The van der Waals surface area contributed by atoms with Crippen molar-refractivity contribution in [3.8, 4) is 0 Å². The van der Waals surface area contributed by atoms with E-state index in [1.807, 2.05) is 36.7 Å². The fraction of sp³-hybridized carbons (Fsp3) is 0.333. The molecule has 0 atom stereocenters. The molecule has 0 aliphatic rings. The lowest BCUT2D eigenvalue weighted by Crippen LogP contribution is -2.44. The summed E-state index contributed by atoms with van der Waals surface area (Å²) in [5, 5.41) is 0. The lowest BCUT2D eigenvalue weighted by Gasteiger charge is -2.27. The van der Waals surface area contributed by atoms with Gasteiger partial charge in [-0.3, -0.25) is 0 Å². The van der Waals surface area contributed by atoms with Gasteiger partial charge in [0.25, 0.3) is 0 Å². The van der Waals surface area contributed by atoms with Gasteiger partial charge in [0.15, 0.2) is 0 Å². The molecule has 0 fully saturated rings. The van der Waals surface area contributed by atoms with E-state index in [1.54, 1.807) is 0 Å². The summed E-state index contributed by atoms with van der Waals surface area (Å²) in [4.78, 5) is 0. The van der Waals surface area contributed by atoms with Crippen LogP contribution in [0, 0.1) is 0 Å². The lowest BCUT2D eigenvalue weighted by atomic mass is 11.3. The number of rotatable bonds is 7. The van der Waals surface area contributed by atoms with E-state index in [0.29, 0.717) is 0 Å². The maximum atomic E-state index is 5.87. The molecule has 0 unspecified atom stereocenters. The minimum Gasteiger partial charge on any atom is -0.430 e. The van der Waals surface area contributed by atoms with Crippen LogP contribution in [-0.4, -0.2) is 26.6 Å². The lowest BCUT2D eigenvalue weighted by molar-refractivity contribution is 0.427. The number of hydrogen-bond acceptors (Lipinski definition) is 2. The molecule has 0 spiro atoms. The Bertz CT molecular complexity index is 202. The minimum absolute atomic E-state index is 0.939. The van der Waals surface area contributed by atoms with Crippen molar-refractivity contribution >= 4 is 26.6 Å². The van der Waals surface area contributed by atoms with E-state index in [2.05, 4.69) is 19.7 Å². The van der Waals surface area contributed by atoms with Gasteiger partial charge in [0, 0.05) is 0 Å². The van der Waals surface area contributed by atoms with Crippen molar-refractivity contribution in [2.24, 2.45) is 0 Å². The van der Waals surface area contributed by atoms with Crippen LogP contribution in [0.3, 0.4) is 0 Å². The van der Waals surface area contributed by atoms with Gasteiger partial charge in [-0.15, -0.1) is 19.7 Å². The summed E-state index contributed by atoms with van der Waals surface area (Å²) in [5.41, 5.74) is 5.54. The molecule has 0 saturated carbocycles. The Labute approximate surface area is 91.6 Å². The van der Waals surface area contributed by atoms with E-state index in [4.69, 9.17) is 8.23 Å². The van der Waals surface area contributed by atoms with E-state index in [9.17, 15) is 0 Å². The summed E-state index contributed by atoms with van der Waals surface area (Å²) in [6.45, 7) is 17.3. The first-order valence-corrected chi connectivity index (χ1v) is 10.8. The Balaban J connectivity index is 4.38. The molecule has 0 aliphatic heterocycles. The molecule has 14 heavy (non-hydrogen) atoms. The first kappa shape index (κ1) is 13.8. The molecule has 0 saturated heterocycles. The van der Waals surface area contributed by atoms with E-state index in [1.165, 1.54) is 0 Å². The van der Waals surface area contributed by atoms with Gasteiger partial charge in [-0.1, -0.05) is 17.1 Å². The fourth-order valence-corrected chi connectivity index (χ4v) is 7.82. The molecular weight excluding hydrogens is 224 g/mol. The summed E-state index contributed by atoms with van der Waals surface area (Å²) in [6, 6.07) is 0. The second-order valence-corrected chi connectivity index (χ2v) is 10.4. The van der Waals surface area contributed by atoms with Crippen LogP contribution in [0.15, 0.2) is 36.8 Å². The molecule has 0 aromatic rings. The summed E-state index contributed by atoms with van der Waals surface area (Å²) in [5.74, 6) is 0. The second-order valence-electron chi connectivity index (χ2n) is 3.05. The smallest absolute Gasteiger partial charge is 0.340 e. The van der Waals surface area contributed by atoms with Gasteiger partial charge >= 0.3 is 8.56 Å². The van der Waals surface area contributed by atoms with Crippen molar-refractivity contribution < 1.29 is 8.23 Å². The van der Waals surface area contributed by atoms with Crippen molar-refractivity contribution in [3.63, 3.8) is 0 Å². The molecule has 78 valence electrons. The standard InChI is InChI=1S/C9H18O2Si3/c1-7-12(4)10-14(6,9-3)11-13(5)8-2/h7-9H,1-3H2,4-6H3. The van der Waals surface area contributed by atoms with Crippen LogP contribution in [0.25, 0.3) is 0 Å². The molecule has 0 aliphatic carbocycles. The van der Waals surface area contributed by atoms with Crippen LogP contribution in [-0.2, 0) is 8.23 Å². The molecule has 0 heterocycles. The Morgan fingerprint density at radius 2 is 1.36 bits per heavy atom. The van der Waals surface area contributed by atoms with Gasteiger partial charge < -0.3 is 8.23 Å². The SMILES string of the molecule is C=C[Si](C)O[Si](C)(C=C)O[Si](C)C=C. The maximum Gasteiger partial charge on any atom is 0.340 e. The largest absolute Gasteiger partial charge is 0.430 e. The zero-order valence-corrected chi connectivity index (χ0v) is 12.2. The molecule has 5 heteroatoms. The van der Waals surface area contributed by atoms with Gasteiger partial charge in [-0.05, 0) is 19.6 Å². The van der Waals surface area contributed by atoms with Gasteiger partial charge in [-0.25, -0.2) is 0 Å². The molecule has 0 N–H and O–H groups in total. The van der Waals surface area contributed by atoms with Crippen LogP contribution in [0.1, 0.15) is 0 Å². The Morgan fingerprint density at radius 3 is 1.57 bits per heavy atom. The minimum atomic E-state index is -2.18. The van der Waals surface area contributed by atoms with E-state index in [0.717, 1.165) is 0 Å². The molecular formula is C9H18O2Si3. The Hall–Kier alpha value is -0.209. The molecule has 2 nitrogen and oxygen atoms in total. The maximum absolute atomic E-state index is 5.87. The van der Waals surface area contributed by atoms with Gasteiger partial charge in [0.05, 0.1) is 0 Å². The summed E-state index contributed by atoms with van der Waals surface area (Å²) < 4.78 is 11.7. The highest BCUT2D eigenvalue weighted by molar-refractivity contribution is 6.84. The monoisotopic (exact) mass is 242 g/mol. The predicted molar refractivity (Wildman–Crippen MR) is 67.6 cm³/mol. The predicted octanol–water partition coefficient (Wildman–Crippen LogP) is 2.51. The van der Waals surface area contributed by atoms with Crippen LogP contribution in [0.4, 0.5) is 0 Å². The first-order valence-electron chi connectivity index (χ1n) is 4.41. The highest BCUT2D eigenvalue weighted by atomic mass is 28.5. The third kappa shape index (κ3) is 4.87. The fourth-order valence-electron chi connectivity index (χ4n) is 0.827. The zero-order chi connectivity index (χ0) is 11.2. The molecule has 0 bridgehead atoms. The summed E-state index contributed by atoms with van der Waals surface area (Å²) in [7, 11) is -4.06. The van der Waals surface area contributed by atoms with Crippen molar-refractivity contribution in [3.05, 3.63) is 36.8 Å². The van der Waals surface area contributed by atoms with Crippen molar-refractivity contribution in [1.29, 1.82) is 0 Å².